The number of hydrogen-bond donors (Lipinski definition) is 2. The molecule has 1 aromatic carbocycles. The number of nitrogens with zero attached hydrogens (tertiary/aromatic N) is 1. The Morgan fingerprint density at radius 3 is 2.68 bits per heavy atom. The van der Waals surface area contributed by atoms with Crippen LogP contribution in [0.5, 0.6) is 5.75 Å². The molecule has 0 aliphatic heterocycles. The Balaban J connectivity index is 2.15. The maximum absolute atomic E-state index is 12.3. The van der Waals surface area contributed by atoms with Crippen molar-refractivity contribution in [1.29, 1.82) is 0 Å². The van der Waals surface area contributed by atoms with Crippen molar-refractivity contribution < 1.29 is 15.0 Å². The summed E-state index contributed by atoms with van der Waals surface area (Å²) in [7, 11) is 1.70. The number of carbonyl (C=O) groups is 1. The van der Waals surface area contributed by atoms with Crippen molar-refractivity contribution in [3.05, 3.63) is 28.8 Å². The Labute approximate surface area is 117 Å². The number of aromatic hydroxyl groups is 1. The molecular weight excluding hydrogens is 266 g/mol. The van der Waals surface area contributed by atoms with E-state index in [2.05, 4.69) is 0 Å². The van der Waals surface area contributed by atoms with Crippen LogP contribution >= 0.6 is 11.6 Å². The average molecular weight is 284 g/mol. The second-order valence-electron chi connectivity index (χ2n) is 5.00. The molecule has 5 heteroatoms. The molecule has 4 nitrogen and oxygen atoms in total. The van der Waals surface area contributed by atoms with Crippen molar-refractivity contribution in [3.8, 4) is 5.75 Å². The standard InChI is InChI=1S/C14H18ClNO3/c1-16(11-4-2-3-5-13(11)18)14(19)9-6-7-12(17)10(15)8-9/h6-8,11,13,17-18H,2-5H2,1H3. The van der Waals surface area contributed by atoms with E-state index in [4.69, 9.17) is 11.6 Å². The summed E-state index contributed by atoms with van der Waals surface area (Å²) in [5, 5.41) is 19.5. The summed E-state index contributed by atoms with van der Waals surface area (Å²) in [4.78, 5) is 13.9. The molecule has 104 valence electrons. The highest BCUT2D eigenvalue weighted by molar-refractivity contribution is 6.32. The van der Waals surface area contributed by atoms with Gasteiger partial charge in [-0.3, -0.25) is 4.79 Å². The van der Waals surface area contributed by atoms with Crippen LogP contribution in [-0.4, -0.2) is 40.2 Å². The summed E-state index contributed by atoms with van der Waals surface area (Å²) < 4.78 is 0. The number of carbonyl (C=O) groups excluding carboxylic acids is 1. The van der Waals surface area contributed by atoms with E-state index in [0.717, 1.165) is 25.7 Å². The molecule has 1 amide bonds. The van der Waals surface area contributed by atoms with Crippen LogP contribution in [0.15, 0.2) is 18.2 Å². The van der Waals surface area contributed by atoms with E-state index in [1.165, 1.54) is 18.2 Å². The highest BCUT2D eigenvalue weighted by atomic mass is 35.5. The summed E-state index contributed by atoms with van der Waals surface area (Å²) in [5.41, 5.74) is 0.420. The van der Waals surface area contributed by atoms with Crippen LogP contribution in [0.3, 0.4) is 0 Å². The van der Waals surface area contributed by atoms with Gasteiger partial charge in [0.25, 0.3) is 5.91 Å². The molecule has 0 aromatic heterocycles. The summed E-state index contributed by atoms with van der Waals surface area (Å²) >= 11 is 5.81. The predicted molar refractivity (Wildman–Crippen MR) is 73.5 cm³/mol. The van der Waals surface area contributed by atoms with Crippen LogP contribution in [0.4, 0.5) is 0 Å². The molecule has 2 rings (SSSR count). The zero-order valence-electron chi connectivity index (χ0n) is 10.8. The smallest absolute Gasteiger partial charge is 0.253 e. The van der Waals surface area contributed by atoms with Crippen LogP contribution in [0, 0.1) is 0 Å². The third kappa shape index (κ3) is 3.01. The first-order valence-corrected chi connectivity index (χ1v) is 6.82. The Hall–Kier alpha value is -1.26. The van der Waals surface area contributed by atoms with E-state index in [1.54, 1.807) is 11.9 Å². The Kier molecular flexibility index (Phi) is 4.32. The number of halogens is 1. The third-order valence-corrected chi connectivity index (χ3v) is 4.01. The van der Waals surface area contributed by atoms with Gasteiger partial charge in [-0.1, -0.05) is 24.4 Å². The lowest BCUT2D eigenvalue weighted by molar-refractivity contribution is 0.0268. The number of amides is 1. The molecule has 1 saturated carbocycles. The maximum atomic E-state index is 12.3. The van der Waals surface area contributed by atoms with Gasteiger partial charge in [-0.05, 0) is 31.0 Å². The molecule has 0 heterocycles. The summed E-state index contributed by atoms with van der Waals surface area (Å²) in [5.74, 6) is -0.230. The van der Waals surface area contributed by atoms with Gasteiger partial charge in [0.1, 0.15) is 5.75 Å². The van der Waals surface area contributed by atoms with Gasteiger partial charge in [0.05, 0.1) is 17.2 Å². The number of aliphatic hydroxyl groups is 1. The van der Waals surface area contributed by atoms with Crippen LogP contribution < -0.4 is 0 Å². The summed E-state index contributed by atoms with van der Waals surface area (Å²) in [6, 6.07) is 4.25. The van der Waals surface area contributed by atoms with E-state index in [0.29, 0.717) is 5.56 Å². The minimum Gasteiger partial charge on any atom is -0.506 e. The number of phenolic OH excluding ortho intramolecular Hbond substituents is 1. The van der Waals surface area contributed by atoms with Crippen molar-refractivity contribution in [1.82, 2.24) is 4.90 Å². The lowest BCUT2D eigenvalue weighted by Gasteiger charge is -2.35. The lowest BCUT2D eigenvalue weighted by Crippen LogP contribution is -2.46. The van der Waals surface area contributed by atoms with Gasteiger partial charge >= 0.3 is 0 Å². The summed E-state index contributed by atoms with van der Waals surface area (Å²) in [6.07, 6.45) is 3.11. The molecular formula is C14H18ClNO3. The Morgan fingerprint density at radius 2 is 2.05 bits per heavy atom. The number of benzene rings is 1. The Bertz CT molecular complexity index is 478. The molecule has 0 radical (unpaired) electrons. The topological polar surface area (TPSA) is 60.8 Å². The fourth-order valence-corrected chi connectivity index (χ4v) is 2.72. The van der Waals surface area contributed by atoms with Gasteiger partial charge in [-0.15, -0.1) is 0 Å². The number of aliphatic hydroxyl groups excluding tert-OH is 1. The van der Waals surface area contributed by atoms with Crippen LogP contribution in [0.2, 0.25) is 5.02 Å². The molecule has 0 spiro atoms. The molecule has 0 bridgehead atoms. The van der Waals surface area contributed by atoms with Gasteiger partial charge < -0.3 is 15.1 Å². The van der Waals surface area contributed by atoms with Gasteiger partial charge in [0, 0.05) is 12.6 Å². The second-order valence-corrected chi connectivity index (χ2v) is 5.41. The molecule has 19 heavy (non-hydrogen) atoms. The van der Waals surface area contributed by atoms with E-state index in [1.807, 2.05) is 0 Å². The highest BCUT2D eigenvalue weighted by Crippen LogP contribution is 2.27. The fourth-order valence-electron chi connectivity index (χ4n) is 2.54. The first-order valence-electron chi connectivity index (χ1n) is 6.44. The predicted octanol–water partition coefficient (Wildman–Crippen LogP) is 2.42. The fraction of sp³-hybridized carbons (Fsp3) is 0.500. The highest BCUT2D eigenvalue weighted by Gasteiger charge is 2.29. The van der Waals surface area contributed by atoms with E-state index >= 15 is 0 Å². The molecule has 2 N–H and O–H groups in total. The van der Waals surface area contributed by atoms with E-state index < -0.39 is 6.10 Å². The molecule has 2 atom stereocenters. The van der Waals surface area contributed by atoms with Crippen molar-refractivity contribution in [3.63, 3.8) is 0 Å². The third-order valence-electron chi connectivity index (χ3n) is 3.71. The molecule has 1 aliphatic carbocycles. The quantitative estimate of drug-likeness (QED) is 0.876. The van der Waals surface area contributed by atoms with Crippen molar-refractivity contribution in [2.45, 2.75) is 37.8 Å². The normalized spacial score (nSPS) is 23.1. The number of hydrogen-bond acceptors (Lipinski definition) is 3. The minimum atomic E-state index is -0.463. The van der Waals surface area contributed by atoms with Crippen molar-refractivity contribution in [2.75, 3.05) is 7.05 Å². The van der Waals surface area contributed by atoms with Crippen LogP contribution in [-0.2, 0) is 0 Å². The monoisotopic (exact) mass is 283 g/mol. The zero-order valence-corrected chi connectivity index (χ0v) is 11.6. The van der Waals surface area contributed by atoms with Crippen LogP contribution in [0.1, 0.15) is 36.0 Å². The molecule has 1 aromatic rings. The van der Waals surface area contributed by atoms with Crippen molar-refractivity contribution in [2.24, 2.45) is 0 Å². The van der Waals surface area contributed by atoms with Crippen LogP contribution in [0.25, 0.3) is 0 Å². The van der Waals surface area contributed by atoms with E-state index in [9.17, 15) is 15.0 Å². The van der Waals surface area contributed by atoms with E-state index in [-0.39, 0.29) is 22.7 Å². The lowest BCUT2D eigenvalue weighted by atomic mass is 9.91. The number of phenols is 1. The molecule has 1 aliphatic rings. The van der Waals surface area contributed by atoms with Gasteiger partial charge in [0.2, 0.25) is 0 Å². The molecule has 2 unspecified atom stereocenters. The van der Waals surface area contributed by atoms with Gasteiger partial charge in [0.15, 0.2) is 0 Å². The number of rotatable bonds is 2. The SMILES string of the molecule is CN(C(=O)c1ccc(O)c(Cl)c1)C1CCCCC1O. The average Bonchev–Trinajstić information content (AvgIpc) is 2.41. The van der Waals surface area contributed by atoms with Crippen molar-refractivity contribution >= 4 is 17.5 Å². The first-order chi connectivity index (χ1) is 9.00. The summed E-state index contributed by atoms with van der Waals surface area (Å²) in [6.45, 7) is 0. The molecule has 0 saturated heterocycles. The number of likely N-dealkylation sites (N-methyl/N-ethyl adjacent to an activating group) is 1. The molecule has 1 fully saturated rings. The zero-order chi connectivity index (χ0) is 14.0. The maximum Gasteiger partial charge on any atom is 0.253 e. The minimum absolute atomic E-state index is 0.0430. The first kappa shape index (κ1) is 14.2. The Morgan fingerprint density at radius 1 is 1.37 bits per heavy atom. The second kappa shape index (κ2) is 5.80. The van der Waals surface area contributed by atoms with Gasteiger partial charge in [-0.2, -0.15) is 0 Å². The van der Waals surface area contributed by atoms with Gasteiger partial charge in [-0.25, -0.2) is 0 Å². The largest absolute Gasteiger partial charge is 0.506 e.